The fourth-order valence-electron chi connectivity index (χ4n) is 4.88. The van der Waals surface area contributed by atoms with Gasteiger partial charge in [0.25, 0.3) is 0 Å². The number of alkyl carbamates (subject to hydrolysis) is 2. The van der Waals surface area contributed by atoms with Crippen molar-refractivity contribution in [2.24, 2.45) is 0 Å². The highest BCUT2D eigenvalue weighted by Gasteiger charge is 2.41. The molecule has 1 saturated heterocycles. The zero-order chi connectivity index (χ0) is 32.5. The van der Waals surface area contributed by atoms with Gasteiger partial charge in [0.15, 0.2) is 0 Å². The number of carbonyl (C=O) groups excluding carboxylic acids is 3. The maximum absolute atomic E-state index is 13.6. The van der Waals surface area contributed by atoms with Crippen LogP contribution in [0.1, 0.15) is 65.5 Å². The second-order valence-corrected chi connectivity index (χ2v) is 14.9. The first-order chi connectivity index (χ1) is 20.5. The lowest BCUT2D eigenvalue weighted by molar-refractivity contribution is -0.124. The summed E-state index contributed by atoms with van der Waals surface area (Å²) in [7, 11) is -3.82. The molecule has 44 heavy (non-hydrogen) atoms. The highest BCUT2D eigenvalue weighted by atomic mass is 32.2. The summed E-state index contributed by atoms with van der Waals surface area (Å²) in [6.45, 7) is 10.4. The van der Waals surface area contributed by atoms with Crippen LogP contribution >= 0.6 is 0 Å². The second kappa shape index (κ2) is 14.9. The topological polar surface area (TPSA) is 143 Å². The van der Waals surface area contributed by atoms with Gasteiger partial charge in [-0.05, 0) is 71.9 Å². The summed E-state index contributed by atoms with van der Waals surface area (Å²) in [5, 5.41) is 8.31. The Morgan fingerprint density at radius 3 is 1.98 bits per heavy atom. The molecule has 0 radical (unpaired) electrons. The molecule has 2 aromatic carbocycles. The van der Waals surface area contributed by atoms with E-state index >= 15 is 0 Å². The molecule has 0 spiro atoms. The van der Waals surface area contributed by atoms with E-state index in [-0.39, 0.29) is 25.3 Å². The molecule has 0 unspecified atom stereocenters. The van der Waals surface area contributed by atoms with E-state index in [1.807, 2.05) is 36.4 Å². The molecular formula is C32H46N4O7S. The summed E-state index contributed by atoms with van der Waals surface area (Å²) < 4.78 is 39.2. The molecule has 1 aliphatic heterocycles. The number of ether oxygens (including phenoxy) is 2. The predicted molar refractivity (Wildman–Crippen MR) is 168 cm³/mol. The monoisotopic (exact) mass is 630 g/mol. The molecule has 0 saturated carbocycles. The molecule has 2 aromatic rings. The van der Waals surface area contributed by atoms with Crippen molar-refractivity contribution in [2.75, 3.05) is 13.1 Å². The molecule has 12 heteroatoms. The third-order valence-electron chi connectivity index (χ3n) is 6.71. The summed E-state index contributed by atoms with van der Waals surface area (Å²) in [6, 6.07) is 16.3. The molecule has 3 atom stereocenters. The first kappa shape index (κ1) is 34.8. The van der Waals surface area contributed by atoms with E-state index in [1.54, 1.807) is 65.8 Å². The number of sulfonamides is 1. The Kier molecular flexibility index (Phi) is 11.8. The van der Waals surface area contributed by atoms with E-state index in [4.69, 9.17) is 9.47 Å². The van der Waals surface area contributed by atoms with Crippen molar-refractivity contribution in [3.8, 4) is 0 Å². The van der Waals surface area contributed by atoms with Crippen LogP contribution in [-0.4, -0.2) is 73.2 Å². The van der Waals surface area contributed by atoms with Crippen molar-refractivity contribution in [3.63, 3.8) is 0 Å². The maximum Gasteiger partial charge on any atom is 0.408 e. The summed E-state index contributed by atoms with van der Waals surface area (Å²) in [5.74, 6) is -0.671. The van der Waals surface area contributed by atoms with Crippen molar-refractivity contribution < 1.29 is 32.3 Å². The molecule has 3 rings (SSSR count). The highest BCUT2D eigenvalue weighted by molar-refractivity contribution is 7.88. The minimum Gasteiger partial charge on any atom is -0.444 e. The third-order valence-corrected chi connectivity index (χ3v) is 8.57. The molecule has 242 valence electrons. The molecule has 1 aliphatic rings. The van der Waals surface area contributed by atoms with Crippen molar-refractivity contribution in [1.29, 1.82) is 0 Å². The van der Waals surface area contributed by atoms with Crippen LogP contribution in [0.4, 0.5) is 9.59 Å². The number of rotatable bonds is 11. The molecular weight excluding hydrogens is 584 g/mol. The Bertz CT molecular complexity index is 1360. The second-order valence-electron chi connectivity index (χ2n) is 13.0. The summed E-state index contributed by atoms with van der Waals surface area (Å²) in [5.41, 5.74) is 0.161. The molecule has 0 aliphatic carbocycles. The highest BCUT2D eigenvalue weighted by Crippen LogP contribution is 2.24. The van der Waals surface area contributed by atoms with Gasteiger partial charge < -0.3 is 25.4 Å². The number of nitrogens with one attached hydrogen (secondary N) is 3. The molecule has 3 amide bonds. The fourth-order valence-corrected chi connectivity index (χ4v) is 6.68. The summed E-state index contributed by atoms with van der Waals surface area (Å²) in [4.78, 5) is 38.6. The van der Waals surface area contributed by atoms with Crippen LogP contribution in [0, 0.1) is 0 Å². The van der Waals surface area contributed by atoms with Crippen LogP contribution in [0.5, 0.6) is 0 Å². The van der Waals surface area contributed by atoms with Crippen LogP contribution in [0.2, 0.25) is 0 Å². The number of hydrogen-bond donors (Lipinski definition) is 3. The quantitative estimate of drug-likeness (QED) is 0.339. The van der Waals surface area contributed by atoms with E-state index in [2.05, 4.69) is 16.0 Å². The Balaban J connectivity index is 1.76. The van der Waals surface area contributed by atoms with Gasteiger partial charge in [0.2, 0.25) is 15.9 Å². The van der Waals surface area contributed by atoms with Gasteiger partial charge in [-0.2, -0.15) is 4.31 Å². The van der Waals surface area contributed by atoms with Crippen LogP contribution in [0.3, 0.4) is 0 Å². The molecule has 1 fully saturated rings. The number of nitrogens with zero attached hydrogens (tertiary/aromatic N) is 1. The Hall–Kier alpha value is -3.64. The van der Waals surface area contributed by atoms with E-state index in [1.165, 1.54) is 4.31 Å². The lowest BCUT2D eigenvalue weighted by Crippen LogP contribution is -2.51. The minimum absolute atomic E-state index is 0.00287. The normalized spacial score (nSPS) is 18.2. The lowest BCUT2D eigenvalue weighted by Gasteiger charge is -2.25. The van der Waals surface area contributed by atoms with Crippen molar-refractivity contribution in [1.82, 2.24) is 20.3 Å². The number of aryl methyl sites for hydroxylation is 1. The van der Waals surface area contributed by atoms with Crippen LogP contribution in [0.25, 0.3) is 0 Å². The third kappa shape index (κ3) is 11.8. The van der Waals surface area contributed by atoms with Gasteiger partial charge in [-0.15, -0.1) is 0 Å². The molecule has 0 bridgehead atoms. The fraction of sp³-hybridized carbons (Fsp3) is 0.531. The Labute approximate surface area is 261 Å². The van der Waals surface area contributed by atoms with Gasteiger partial charge in [-0.3, -0.25) is 4.79 Å². The number of carbonyl (C=O) groups is 3. The van der Waals surface area contributed by atoms with Crippen LogP contribution in [-0.2, 0) is 36.5 Å². The molecule has 0 aromatic heterocycles. The zero-order valence-corrected chi connectivity index (χ0v) is 27.3. The van der Waals surface area contributed by atoms with Gasteiger partial charge in [0.1, 0.15) is 17.2 Å². The minimum atomic E-state index is -3.82. The maximum atomic E-state index is 13.6. The van der Waals surface area contributed by atoms with Crippen LogP contribution < -0.4 is 16.0 Å². The van der Waals surface area contributed by atoms with Gasteiger partial charge in [0.05, 0.1) is 5.75 Å². The SMILES string of the molecule is CC(C)(C)OC(=O)NC[C@@H]1C[C@H](NC(=O)[C@H](CCc2ccccc2)NC(=O)OC(C)(C)C)CN1S(=O)(=O)Cc1ccccc1. The van der Waals surface area contributed by atoms with Crippen molar-refractivity contribution in [3.05, 3.63) is 71.8 Å². The lowest BCUT2D eigenvalue weighted by atomic mass is 10.0. The molecule has 11 nitrogen and oxygen atoms in total. The van der Waals surface area contributed by atoms with Gasteiger partial charge in [0, 0.05) is 25.2 Å². The average molecular weight is 631 g/mol. The number of hydrogen-bond acceptors (Lipinski definition) is 7. The smallest absolute Gasteiger partial charge is 0.408 e. The molecule has 1 heterocycles. The number of amides is 3. The Morgan fingerprint density at radius 2 is 1.41 bits per heavy atom. The first-order valence-electron chi connectivity index (χ1n) is 14.8. The van der Waals surface area contributed by atoms with E-state index in [0.717, 1.165) is 5.56 Å². The standard InChI is InChI=1S/C32H46N4O7S/c1-31(2,3)42-29(38)33-20-26-19-25(21-36(26)44(40,41)22-24-15-11-8-12-16-24)34-28(37)27(35-30(39)43-32(4,5)6)18-17-23-13-9-7-10-14-23/h7-16,25-27H,17-22H2,1-6H3,(H,33,38)(H,34,37)(H,35,39)/t25-,26-,27-/m0/s1. The van der Waals surface area contributed by atoms with Gasteiger partial charge in [-0.1, -0.05) is 60.7 Å². The average Bonchev–Trinajstić information content (AvgIpc) is 3.32. The van der Waals surface area contributed by atoms with E-state index in [0.29, 0.717) is 18.4 Å². The first-order valence-corrected chi connectivity index (χ1v) is 16.5. The van der Waals surface area contributed by atoms with Crippen LogP contribution in [0.15, 0.2) is 60.7 Å². The van der Waals surface area contributed by atoms with E-state index in [9.17, 15) is 22.8 Å². The largest absolute Gasteiger partial charge is 0.444 e. The van der Waals surface area contributed by atoms with Crippen molar-refractivity contribution in [2.45, 2.75) is 95.9 Å². The predicted octanol–water partition coefficient (Wildman–Crippen LogP) is 4.13. The Morgan fingerprint density at radius 1 is 0.864 bits per heavy atom. The van der Waals surface area contributed by atoms with E-state index < -0.39 is 57.4 Å². The molecule has 3 N–H and O–H groups in total. The zero-order valence-electron chi connectivity index (χ0n) is 26.5. The number of benzene rings is 2. The van der Waals surface area contributed by atoms with Crippen molar-refractivity contribution >= 4 is 28.1 Å². The van der Waals surface area contributed by atoms with Gasteiger partial charge >= 0.3 is 12.2 Å². The van der Waals surface area contributed by atoms with Gasteiger partial charge in [-0.25, -0.2) is 18.0 Å². The summed E-state index contributed by atoms with van der Waals surface area (Å²) in [6.07, 6.45) is -0.287. The summed E-state index contributed by atoms with van der Waals surface area (Å²) >= 11 is 0.